The van der Waals surface area contributed by atoms with E-state index in [2.05, 4.69) is 15.3 Å². The molecule has 100 valence electrons. The molecule has 0 aliphatic heterocycles. The molecule has 1 N–H and O–H groups in total. The maximum Gasteiger partial charge on any atom is 0.182 e. The number of benzene rings is 1. The molecule has 0 atom stereocenters. The van der Waals surface area contributed by atoms with Crippen LogP contribution in [0.1, 0.15) is 11.1 Å². The molecule has 2 aromatic rings. The summed E-state index contributed by atoms with van der Waals surface area (Å²) >= 11 is 0. The van der Waals surface area contributed by atoms with E-state index in [1.54, 1.807) is 24.5 Å². The Morgan fingerprint density at radius 1 is 1.35 bits per heavy atom. The highest BCUT2D eigenvalue weighted by Crippen LogP contribution is 2.05. The van der Waals surface area contributed by atoms with Crippen LogP contribution in [0.4, 0.5) is 4.39 Å². The van der Waals surface area contributed by atoms with Gasteiger partial charge in [-0.25, -0.2) is 4.39 Å². The van der Waals surface area contributed by atoms with Crippen molar-refractivity contribution < 1.29 is 4.39 Å². The summed E-state index contributed by atoms with van der Waals surface area (Å²) in [4.78, 5) is 8.32. The van der Waals surface area contributed by atoms with E-state index >= 15 is 0 Å². The fraction of sp³-hybridized carbons (Fsp3) is 0.133. The SMILES string of the molecule is N#CNC(=NCCc1cccc(F)c1)c1cccnc1. The molecule has 2 rings (SSSR count). The molecule has 0 aliphatic carbocycles. The van der Waals surface area contributed by atoms with Gasteiger partial charge in [-0.3, -0.25) is 15.3 Å². The minimum Gasteiger partial charge on any atom is -0.277 e. The Kier molecular flexibility index (Phi) is 4.79. The van der Waals surface area contributed by atoms with Crippen molar-refractivity contribution in [3.8, 4) is 6.19 Å². The van der Waals surface area contributed by atoms with Gasteiger partial charge in [-0.1, -0.05) is 12.1 Å². The van der Waals surface area contributed by atoms with Gasteiger partial charge in [0.25, 0.3) is 0 Å². The smallest absolute Gasteiger partial charge is 0.182 e. The number of pyridine rings is 1. The lowest BCUT2D eigenvalue weighted by Crippen LogP contribution is -2.20. The van der Waals surface area contributed by atoms with Crippen LogP contribution in [0.2, 0.25) is 0 Å². The van der Waals surface area contributed by atoms with Gasteiger partial charge in [-0.05, 0) is 36.2 Å². The summed E-state index contributed by atoms with van der Waals surface area (Å²) in [6.07, 6.45) is 5.74. The Morgan fingerprint density at radius 3 is 2.95 bits per heavy atom. The molecule has 1 heterocycles. The number of hydrogen-bond donors (Lipinski definition) is 1. The molecule has 0 spiro atoms. The molecule has 4 nitrogen and oxygen atoms in total. The fourth-order valence-corrected chi connectivity index (χ4v) is 1.75. The van der Waals surface area contributed by atoms with E-state index < -0.39 is 0 Å². The Balaban J connectivity index is 2.05. The van der Waals surface area contributed by atoms with Gasteiger partial charge >= 0.3 is 0 Å². The van der Waals surface area contributed by atoms with Gasteiger partial charge < -0.3 is 0 Å². The number of nitrogens with one attached hydrogen (secondary N) is 1. The second-order valence-electron chi connectivity index (χ2n) is 4.09. The lowest BCUT2D eigenvalue weighted by Gasteiger charge is -2.04. The molecule has 0 amide bonds. The van der Waals surface area contributed by atoms with Crippen LogP contribution < -0.4 is 5.32 Å². The highest BCUT2D eigenvalue weighted by molar-refractivity contribution is 5.99. The lowest BCUT2D eigenvalue weighted by atomic mass is 10.1. The number of rotatable bonds is 4. The van der Waals surface area contributed by atoms with Crippen LogP contribution in [0.15, 0.2) is 53.8 Å². The van der Waals surface area contributed by atoms with Gasteiger partial charge in [0.15, 0.2) is 6.19 Å². The Labute approximate surface area is 116 Å². The van der Waals surface area contributed by atoms with Gasteiger partial charge in [0.1, 0.15) is 11.7 Å². The molecule has 0 saturated carbocycles. The maximum atomic E-state index is 13.0. The Bertz CT molecular complexity index is 632. The van der Waals surface area contributed by atoms with E-state index in [9.17, 15) is 4.39 Å². The van der Waals surface area contributed by atoms with E-state index in [1.807, 2.05) is 18.3 Å². The Morgan fingerprint density at radius 2 is 2.25 bits per heavy atom. The van der Waals surface area contributed by atoms with Crippen molar-refractivity contribution >= 4 is 5.84 Å². The second-order valence-corrected chi connectivity index (χ2v) is 4.09. The third-order valence-corrected chi connectivity index (χ3v) is 2.67. The summed E-state index contributed by atoms with van der Waals surface area (Å²) in [5, 5.41) is 11.3. The predicted molar refractivity (Wildman–Crippen MR) is 74.5 cm³/mol. The molecule has 0 unspecified atom stereocenters. The highest BCUT2D eigenvalue weighted by atomic mass is 19.1. The molecule has 0 saturated heterocycles. The molecule has 0 radical (unpaired) electrons. The molecule has 1 aromatic carbocycles. The van der Waals surface area contributed by atoms with Gasteiger partial charge in [0, 0.05) is 24.5 Å². The molecule has 0 aliphatic rings. The normalized spacial score (nSPS) is 10.9. The molecule has 1 aromatic heterocycles. The van der Waals surface area contributed by atoms with Crippen molar-refractivity contribution in [2.45, 2.75) is 6.42 Å². The van der Waals surface area contributed by atoms with Crippen molar-refractivity contribution in [1.29, 1.82) is 5.26 Å². The summed E-state index contributed by atoms with van der Waals surface area (Å²) in [5.74, 6) is 0.214. The fourth-order valence-electron chi connectivity index (χ4n) is 1.75. The lowest BCUT2D eigenvalue weighted by molar-refractivity contribution is 0.625. The zero-order valence-electron chi connectivity index (χ0n) is 10.8. The molecule has 0 fully saturated rings. The third kappa shape index (κ3) is 3.89. The number of hydrogen-bond acceptors (Lipinski definition) is 3. The van der Waals surface area contributed by atoms with Crippen molar-refractivity contribution in [3.05, 3.63) is 65.7 Å². The van der Waals surface area contributed by atoms with Gasteiger partial charge in [0.05, 0.1) is 0 Å². The van der Waals surface area contributed by atoms with Gasteiger partial charge in [-0.15, -0.1) is 0 Å². The van der Waals surface area contributed by atoms with Crippen molar-refractivity contribution in [1.82, 2.24) is 10.3 Å². The number of amidine groups is 1. The first-order valence-corrected chi connectivity index (χ1v) is 6.14. The van der Waals surface area contributed by atoms with Crippen LogP contribution in [0, 0.1) is 17.3 Å². The number of halogens is 1. The topological polar surface area (TPSA) is 61.1 Å². The van der Waals surface area contributed by atoms with E-state index in [1.165, 1.54) is 12.1 Å². The highest BCUT2D eigenvalue weighted by Gasteiger charge is 2.02. The van der Waals surface area contributed by atoms with Crippen LogP contribution in [-0.2, 0) is 6.42 Å². The maximum absolute atomic E-state index is 13.0. The first-order chi connectivity index (χ1) is 9.79. The van der Waals surface area contributed by atoms with Crippen molar-refractivity contribution in [2.75, 3.05) is 6.54 Å². The zero-order chi connectivity index (χ0) is 14.2. The summed E-state index contributed by atoms with van der Waals surface area (Å²) < 4.78 is 13.0. The standard InChI is InChI=1S/C15H13FN4/c16-14-5-1-3-12(9-14)6-8-19-15(20-11-17)13-4-2-7-18-10-13/h1-5,7,9-10H,6,8H2,(H,19,20). The number of nitriles is 1. The van der Waals surface area contributed by atoms with Crippen LogP contribution >= 0.6 is 0 Å². The molecule has 20 heavy (non-hydrogen) atoms. The van der Waals surface area contributed by atoms with E-state index in [4.69, 9.17) is 5.26 Å². The third-order valence-electron chi connectivity index (χ3n) is 2.67. The van der Waals surface area contributed by atoms with E-state index in [-0.39, 0.29) is 5.82 Å². The summed E-state index contributed by atoms with van der Waals surface area (Å²) in [7, 11) is 0. The summed E-state index contributed by atoms with van der Waals surface area (Å²) in [6.45, 7) is 0.461. The zero-order valence-corrected chi connectivity index (χ0v) is 10.8. The predicted octanol–water partition coefficient (Wildman–Crippen LogP) is 2.28. The van der Waals surface area contributed by atoms with Crippen LogP contribution in [0.3, 0.4) is 0 Å². The summed E-state index contributed by atoms with van der Waals surface area (Å²) in [5.41, 5.74) is 1.62. The minimum atomic E-state index is -0.255. The summed E-state index contributed by atoms with van der Waals surface area (Å²) in [6, 6.07) is 10.0. The molecule has 5 heteroatoms. The number of aliphatic imine (C=N–C) groups is 1. The Hall–Kier alpha value is -2.74. The average molecular weight is 268 g/mol. The van der Waals surface area contributed by atoms with Gasteiger partial charge in [-0.2, -0.15) is 5.26 Å². The van der Waals surface area contributed by atoms with Crippen LogP contribution in [0.5, 0.6) is 0 Å². The second kappa shape index (κ2) is 7.00. The minimum absolute atomic E-state index is 0.255. The number of aromatic nitrogens is 1. The molecular formula is C15H13FN4. The molecular weight excluding hydrogens is 255 g/mol. The first-order valence-electron chi connectivity index (χ1n) is 6.14. The molecule has 0 bridgehead atoms. The van der Waals surface area contributed by atoms with Crippen molar-refractivity contribution in [3.63, 3.8) is 0 Å². The monoisotopic (exact) mass is 268 g/mol. The van der Waals surface area contributed by atoms with E-state index in [0.29, 0.717) is 18.8 Å². The first kappa shape index (κ1) is 13.7. The quantitative estimate of drug-likeness (QED) is 0.400. The van der Waals surface area contributed by atoms with E-state index in [0.717, 1.165) is 11.1 Å². The van der Waals surface area contributed by atoms with Crippen LogP contribution in [0.25, 0.3) is 0 Å². The van der Waals surface area contributed by atoms with Crippen molar-refractivity contribution in [2.24, 2.45) is 4.99 Å². The van der Waals surface area contributed by atoms with Gasteiger partial charge in [0.2, 0.25) is 0 Å². The average Bonchev–Trinajstić information content (AvgIpc) is 2.47. The van der Waals surface area contributed by atoms with Crippen LogP contribution in [-0.4, -0.2) is 17.4 Å². The largest absolute Gasteiger partial charge is 0.277 e. The number of nitrogens with zero attached hydrogens (tertiary/aromatic N) is 3.